The molecule has 0 fully saturated rings. The lowest BCUT2D eigenvalue weighted by molar-refractivity contribution is -0.158. The van der Waals surface area contributed by atoms with E-state index in [-0.39, 0.29) is 5.97 Å². The van der Waals surface area contributed by atoms with Gasteiger partial charge in [0.1, 0.15) is 5.75 Å². The molecule has 0 aliphatic carbocycles. The van der Waals surface area contributed by atoms with Crippen LogP contribution in [0.3, 0.4) is 0 Å². The summed E-state index contributed by atoms with van der Waals surface area (Å²) in [4.78, 5) is 30.5. The minimum absolute atomic E-state index is 0.340. The summed E-state index contributed by atoms with van der Waals surface area (Å²) in [5.74, 6) is -2.00. The van der Waals surface area contributed by atoms with Crippen molar-refractivity contribution in [1.82, 2.24) is 0 Å². The monoisotopic (exact) mass is 330 g/mol. The third-order valence-electron chi connectivity index (χ3n) is 2.25. The van der Waals surface area contributed by atoms with Crippen molar-refractivity contribution in [3.8, 4) is 5.75 Å². The fraction of sp³-hybridized carbons (Fsp3) is 0.400. The Morgan fingerprint density at radius 3 is 2.00 bits per heavy atom. The zero-order valence-corrected chi connectivity index (χ0v) is 13.6. The first-order valence-corrected chi connectivity index (χ1v) is 6.83. The number of Topliss-reactive ketones (excluding diaryl/α,β-unsaturated/α-hetero) is 1. The number of carbonyl (C=O) groups excluding carboxylic acids is 2. The fourth-order valence-electron chi connectivity index (χ4n) is 1.14. The van der Waals surface area contributed by atoms with E-state index in [9.17, 15) is 14.4 Å². The summed E-state index contributed by atoms with van der Waals surface area (Å²) >= 11 is 5.75. The molecule has 0 amide bonds. The first-order valence-electron chi connectivity index (χ1n) is 6.45. The first kappa shape index (κ1) is 19.9. The van der Waals surface area contributed by atoms with Crippen LogP contribution in [0.4, 0.5) is 0 Å². The van der Waals surface area contributed by atoms with Gasteiger partial charge in [0.05, 0.1) is 6.61 Å². The molecular weight excluding hydrogens is 312 g/mol. The Kier molecular flexibility index (Phi) is 8.19. The molecule has 0 saturated carbocycles. The first-order chi connectivity index (χ1) is 10.1. The van der Waals surface area contributed by atoms with Gasteiger partial charge in [-0.2, -0.15) is 0 Å². The molecule has 0 bridgehead atoms. The Labute approximate surface area is 134 Å². The molecule has 1 N–H and O–H groups in total. The van der Waals surface area contributed by atoms with Crippen molar-refractivity contribution in [2.24, 2.45) is 0 Å². The molecule has 0 heterocycles. The highest BCUT2D eigenvalue weighted by molar-refractivity contribution is 6.31. The molecule has 1 aromatic rings. The summed E-state index contributed by atoms with van der Waals surface area (Å²) in [6, 6.07) is 6.84. The zero-order valence-electron chi connectivity index (χ0n) is 12.9. The normalized spacial score (nSPS) is 10.0. The van der Waals surface area contributed by atoms with E-state index in [2.05, 4.69) is 0 Å². The molecule has 0 atom stereocenters. The highest BCUT2D eigenvalue weighted by atomic mass is 35.5. The number of aliphatic carboxylic acids is 1. The van der Waals surface area contributed by atoms with Crippen LogP contribution in [0.15, 0.2) is 24.3 Å². The van der Waals surface area contributed by atoms with Gasteiger partial charge in [-0.1, -0.05) is 11.6 Å². The van der Waals surface area contributed by atoms with Gasteiger partial charge in [-0.25, -0.2) is 9.59 Å². The Balaban J connectivity index is 0.000000626. The topological polar surface area (TPSA) is 89.9 Å². The third kappa shape index (κ3) is 7.64. The van der Waals surface area contributed by atoms with Crippen molar-refractivity contribution < 1.29 is 29.0 Å². The van der Waals surface area contributed by atoms with Crippen LogP contribution in [-0.4, -0.2) is 35.0 Å². The van der Waals surface area contributed by atoms with E-state index >= 15 is 0 Å². The lowest BCUT2D eigenvalue weighted by Crippen LogP contribution is -2.39. The number of ether oxygens (including phenoxy) is 2. The molecule has 1 rings (SSSR count). The molecule has 0 saturated heterocycles. The number of carboxylic acids is 1. The van der Waals surface area contributed by atoms with Crippen molar-refractivity contribution in [2.45, 2.75) is 33.3 Å². The number of rotatable bonds is 5. The maximum Gasteiger partial charge on any atom is 0.371 e. The average Bonchev–Trinajstić information content (AvgIpc) is 2.42. The van der Waals surface area contributed by atoms with Gasteiger partial charge < -0.3 is 14.6 Å². The lowest BCUT2D eigenvalue weighted by Gasteiger charge is -2.23. The van der Waals surface area contributed by atoms with Crippen LogP contribution in [0.1, 0.15) is 27.7 Å². The highest BCUT2D eigenvalue weighted by Gasteiger charge is 2.31. The van der Waals surface area contributed by atoms with E-state index in [1.54, 1.807) is 45.0 Å². The summed E-state index contributed by atoms with van der Waals surface area (Å²) in [6.45, 7) is 6.43. The highest BCUT2D eigenvalue weighted by Crippen LogP contribution is 2.21. The number of hydrogen-bond acceptors (Lipinski definition) is 5. The molecule has 22 heavy (non-hydrogen) atoms. The van der Waals surface area contributed by atoms with Gasteiger partial charge in [-0.15, -0.1) is 0 Å². The molecule has 1 aromatic carbocycles. The molecule has 7 heteroatoms. The third-order valence-corrected chi connectivity index (χ3v) is 2.51. The van der Waals surface area contributed by atoms with E-state index in [0.717, 1.165) is 6.92 Å². The number of carboxylic acid groups (broad SMARTS) is 1. The standard InChI is InChI=1S/C12H15ClO3.C3H4O3/c1-4-15-11(14)12(2,3)16-10-7-5-9(13)6-8-10;1-2(4)3(5)6/h5-8H,4H2,1-3H3;1H3,(H,5,6). The van der Waals surface area contributed by atoms with E-state index < -0.39 is 17.4 Å². The van der Waals surface area contributed by atoms with Crippen LogP contribution >= 0.6 is 11.6 Å². The quantitative estimate of drug-likeness (QED) is 0.659. The Morgan fingerprint density at radius 2 is 1.64 bits per heavy atom. The van der Waals surface area contributed by atoms with Crippen molar-refractivity contribution in [2.75, 3.05) is 6.61 Å². The lowest BCUT2D eigenvalue weighted by atomic mass is 10.1. The van der Waals surface area contributed by atoms with Crippen LogP contribution in [-0.2, 0) is 19.1 Å². The van der Waals surface area contributed by atoms with Gasteiger partial charge >= 0.3 is 11.9 Å². The number of ketones is 1. The second kappa shape index (κ2) is 9.04. The molecule has 6 nitrogen and oxygen atoms in total. The summed E-state index contributed by atoms with van der Waals surface area (Å²) in [5.41, 5.74) is -0.996. The number of hydrogen-bond donors (Lipinski definition) is 1. The zero-order chi connectivity index (χ0) is 17.3. The van der Waals surface area contributed by atoms with E-state index in [0.29, 0.717) is 17.4 Å². The molecule has 0 aliphatic rings. The molecule has 122 valence electrons. The maximum atomic E-state index is 11.6. The molecule has 0 unspecified atom stereocenters. The van der Waals surface area contributed by atoms with Crippen molar-refractivity contribution in [3.05, 3.63) is 29.3 Å². The SMILES string of the molecule is CC(=O)C(=O)O.CCOC(=O)C(C)(C)Oc1ccc(Cl)cc1. The van der Waals surface area contributed by atoms with Crippen molar-refractivity contribution >= 4 is 29.3 Å². The van der Waals surface area contributed by atoms with Gasteiger partial charge in [0, 0.05) is 11.9 Å². The predicted molar refractivity (Wildman–Crippen MR) is 81.1 cm³/mol. The van der Waals surface area contributed by atoms with Crippen LogP contribution in [0.25, 0.3) is 0 Å². The van der Waals surface area contributed by atoms with Gasteiger partial charge in [0.15, 0.2) is 5.60 Å². The van der Waals surface area contributed by atoms with E-state index in [1.807, 2.05) is 0 Å². The number of esters is 1. The summed E-state index contributed by atoms with van der Waals surface area (Å²) in [6.07, 6.45) is 0. The molecule has 0 aromatic heterocycles. The maximum absolute atomic E-state index is 11.6. The Hall–Kier alpha value is -2.08. The van der Waals surface area contributed by atoms with Crippen molar-refractivity contribution in [3.63, 3.8) is 0 Å². The van der Waals surface area contributed by atoms with Gasteiger partial charge in [0.2, 0.25) is 5.78 Å². The molecular formula is C15H19ClO6. The molecule has 0 radical (unpaired) electrons. The predicted octanol–water partition coefficient (Wildman–Crippen LogP) is 2.72. The Bertz CT molecular complexity index is 509. The smallest absolute Gasteiger partial charge is 0.371 e. The number of halogens is 1. The Morgan fingerprint density at radius 1 is 1.18 bits per heavy atom. The van der Waals surface area contributed by atoms with Crippen molar-refractivity contribution in [1.29, 1.82) is 0 Å². The summed E-state index contributed by atoms with van der Waals surface area (Å²) in [5, 5.41) is 8.27. The minimum atomic E-state index is -1.38. The summed E-state index contributed by atoms with van der Waals surface area (Å²) in [7, 11) is 0. The van der Waals surface area contributed by atoms with Gasteiger partial charge in [-0.05, 0) is 45.0 Å². The second-order valence-corrected chi connectivity index (χ2v) is 5.08. The minimum Gasteiger partial charge on any atom is -0.476 e. The number of benzene rings is 1. The van der Waals surface area contributed by atoms with Crippen LogP contribution in [0.5, 0.6) is 5.75 Å². The fourth-order valence-corrected chi connectivity index (χ4v) is 1.27. The largest absolute Gasteiger partial charge is 0.476 e. The van der Waals surface area contributed by atoms with Gasteiger partial charge in [0.25, 0.3) is 0 Å². The second-order valence-electron chi connectivity index (χ2n) is 4.65. The summed E-state index contributed by atoms with van der Waals surface area (Å²) < 4.78 is 10.5. The van der Waals surface area contributed by atoms with E-state index in [1.165, 1.54) is 0 Å². The van der Waals surface area contributed by atoms with Crippen LogP contribution in [0, 0.1) is 0 Å². The van der Waals surface area contributed by atoms with Gasteiger partial charge in [-0.3, -0.25) is 4.79 Å². The molecule has 0 spiro atoms. The number of carbonyl (C=O) groups is 3. The average molecular weight is 331 g/mol. The molecule has 0 aliphatic heterocycles. The van der Waals surface area contributed by atoms with Crippen LogP contribution < -0.4 is 4.74 Å². The van der Waals surface area contributed by atoms with Crippen LogP contribution in [0.2, 0.25) is 5.02 Å². The van der Waals surface area contributed by atoms with E-state index in [4.69, 9.17) is 26.2 Å².